The van der Waals surface area contributed by atoms with Crippen LogP contribution in [-0.4, -0.2) is 33.3 Å². The van der Waals surface area contributed by atoms with Crippen molar-refractivity contribution in [3.63, 3.8) is 0 Å². The summed E-state index contributed by atoms with van der Waals surface area (Å²) in [6.45, 7) is 0.159. The zero-order chi connectivity index (χ0) is 17.7. The Bertz CT molecular complexity index is 707. The Hall–Kier alpha value is -2.63. The molecule has 0 bridgehead atoms. The predicted octanol–water partition coefficient (Wildman–Crippen LogP) is 2.62. The van der Waals surface area contributed by atoms with Gasteiger partial charge >= 0.3 is 5.97 Å². The van der Waals surface area contributed by atoms with Crippen LogP contribution in [0.4, 0.5) is 0 Å². The van der Waals surface area contributed by atoms with Gasteiger partial charge in [0.2, 0.25) is 5.91 Å². The second-order valence-corrected chi connectivity index (χ2v) is 6.66. The average molecular weight is 341 g/mol. The first kappa shape index (κ1) is 17.2. The number of carbonyl (C=O) groups excluding carboxylic acids is 1. The molecule has 25 heavy (non-hydrogen) atoms. The molecule has 1 atom stereocenters. The van der Waals surface area contributed by atoms with E-state index in [1.165, 1.54) is 0 Å². The Labute approximate surface area is 146 Å². The maximum atomic E-state index is 12.9. The minimum Gasteiger partial charge on any atom is -0.481 e. The van der Waals surface area contributed by atoms with Crippen LogP contribution in [0.2, 0.25) is 0 Å². The monoisotopic (exact) mass is 341 g/mol. The first-order chi connectivity index (χ1) is 12.1. The fourth-order valence-corrected chi connectivity index (χ4v) is 3.54. The van der Waals surface area contributed by atoms with Gasteiger partial charge in [-0.2, -0.15) is 5.10 Å². The van der Waals surface area contributed by atoms with Crippen molar-refractivity contribution >= 4 is 11.9 Å². The second kappa shape index (κ2) is 7.51. The van der Waals surface area contributed by atoms with E-state index in [0.717, 1.165) is 24.8 Å². The molecule has 0 aliphatic heterocycles. The predicted molar refractivity (Wildman–Crippen MR) is 93.0 cm³/mol. The van der Waals surface area contributed by atoms with Crippen LogP contribution < -0.4 is 5.32 Å². The number of rotatable bonds is 6. The molecule has 132 valence electrons. The van der Waals surface area contributed by atoms with Crippen LogP contribution in [0.15, 0.2) is 48.8 Å². The van der Waals surface area contributed by atoms with E-state index in [0.29, 0.717) is 12.8 Å². The third kappa shape index (κ3) is 3.73. The molecule has 6 nitrogen and oxygen atoms in total. The molecule has 0 spiro atoms. The number of nitrogens with one attached hydrogen (secondary N) is 1. The molecule has 1 aromatic heterocycles. The summed E-state index contributed by atoms with van der Waals surface area (Å²) < 4.78 is 1.60. The first-order valence-electron chi connectivity index (χ1n) is 8.68. The highest BCUT2D eigenvalue weighted by atomic mass is 16.4. The quantitative estimate of drug-likeness (QED) is 0.846. The van der Waals surface area contributed by atoms with E-state index in [1.807, 2.05) is 30.3 Å². The normalized spacial score (nSPS) is 17.6. The maximum Gasteiger partial charge on any atom is 0.311 e. The van der Waals surface area contributed by atoms with E-state index in [9.17, 15) is 14.7 Å². The minimum atomic E-state index is -0.848. The number of hydrogen-bond donors (Lipinski definition) is 2. The topological polar surface area (TPSA) is 84.2 Å². The van der Waals surface area contributed by atoms with Gasteiger partial charge in [-0.25, -0.2) is 0 Å². The summed E-state index contributed by atoms with van der Waals surface area (Å²) in [5.41, 5.74) is -0.0315. The van der Waals surface area contributed by atoms with E-state index in [1.54, 1.807) is 23.1 Å². The van der Waals surface area contributed by atoms with Gasteiger partial charge in [0.25, 0.3) is 0 Å². The molecule has 0 radical (unpaired) electrons. The molecule has 1 aromatic carbocycles. The van der Waals surface area contributed by atoms with Gasteiger partial charge < -0.3 is 10.4 Å². The molecule has 1 fully saturated rings. The van der Waals surface area contributed by atoms with E-state index in [-0.39, 0.29) is 12.5 Å². The molecule has 6 heteroatoms. The first-order valence-corrected chi connectivity index (χ1v) is 8.68. The van der Waals surface area contributed by atoms with Gasteiger partial charge in [0.05, 0.1) is 5.41 Å². The lowest BCUT2D eigenvalue weighted by atomic mass is 9.74. The average Bonchev–Trinajstić information content (AvgIpc) is 3.16. The summed E-state index contributed by atoms with van der Waals surface area (Å²) in [4.78, 5) is 24.7. The lowest BCUT2D eigenvalue weighted by Crippen LogP contribution is -2.46. The smallest absolute Gasteiger partial charge is 0.311 e. The number of nitrogens with zero attached hydrogens (tertiary/aromatic N) is 2. The number of carboxylic acid groups (broad SMARTS) is 1. The Morgan fingerprint density at radius 3 is 2.48 bits per heavy atom. The molecule has 1 heterocycles. The number of amides is 1. The fraction of sp³-hybridized carbons (Fsp3) is 0.421. The van der Waals surface area contributed by atoms with E-state index in [2.05, 4.69) is 10.4 Å². The highest BCUT2D eigenvalue weighted by Gasteiger charge is 2.40. The molecule has 1 amide bonds. The summed E-state index contributed by atoms with van der Waals surface area (Å²) >= 11 is 0. The highest BCUT2D eigenvalue weighted by molar-refractivity contribution is 5.84. The second-order valence-electron chi connectivity index (χ2n) is 6.66. The Morgan fingerprint density at radius 1 is 1.16 bits per heavy atom. The molecule has 1 saturated carbocycles. The SMILES string of the molecule is O=C(NCC1(C(=O)O)CCCCC1)C(c1ccccc1)n1cccn1. The Balaban J connectivity index is 1.78. The van der Waals surface area contributed by atoms with Crippen molar-refractivity contribution in [2.45, 2.75) is 38.1 Å². The number of hydrogen-bond acceptors (Lipinski definition) is 3. The highest BCUT2D eigenvalue weighted by Crippen LogP contribution is 2.36. The molecule has 2 aromatic rings. The number of aliphatic carboxylic acids is 1. The minimum absolute atomic E-state index is 0.159. The molecule has 1 unspecified atom stereocenters. The summed E-state index contributed by atoms with van der Waals surface area (Å²) in [5, 5.41) is 16.8. The van der Waals surface area contributed by atoms with Crippen molar-refractivity contribution in [1.29, 1.82) is 0 Å². The van der Waals surface area contributed by atoms with Gasteiger partial charge in [-0.3, -0.25) is 14.3 Å². The van der Waals surface area contributed by atoms with Crippen molar-refractivity contribution < 1.29 is 14.7 Å². The van der Waals surface area contributed by atoms with Crippen LogP contribution in [0, 0.1) is 5.41 Å². The van der Waals surface area contributed by atoms with Gasteiger partial charge in [0.1, 0.15) is 0 Å². The Morgan fingerprint density at radius 2 is 1.88 bits per heavy atom. The van der Waals surface area contributed by atoms with Crippen LogP contribution >= 0.6 is 0 Å². The summed E-state index contributed by atoms with van der Waals surface area (Å²) in [5.74, 6) is -1.05. The van der Waals surface area contributed by atoms with Gasteiger partial charge in [-0.15, -0.1) is 0 Å². The van der Waals surface area contributed by atoms with Gasteiger partial charge in [0, 0.05) is 18.9 Å². The van der Waals surface area contributed by atoms with Crippen molar-refractivity contribution in [3.8, 4) is 0 Å². The Kier molecular flexibility index (Phi) is 5.16. The molecular formula is C19H23N3O3. The number of carbonyl (C=O) groups is 2. The lowest BCUT2D eigenvalue weighted by molar-refractivity contribution is -0.151. The molecule has 0 saturated heterocycles. The molecule has 1 aliphatic carbocycles. The van der Waals surface area contributed by atoms with Crippen LogP contribution in [0.3, 0.4) is 0 Å². The summed E-state index contributed by atoms with van der Waals surface area (Å²) in [6, 6.07) is 10.5. The van der Waals surface area contributed by atoms with Crippen molar-refractivity contribution in [1.82, 2.24) is 15.1 Å². The van der Waals surface area contributed by atoms with Crippen LogP contribution in [0.1, 0.15) is 43.7 Å². The lowest BCUT2D eigenvalue weighted by Gasteiger charge is -2.33. The van der Waals surface area contributed by atoms with Crippen molar-refractivity contribution in [3.05, 3.63) is 54.4 Å². The third-order valence-corrected chi connectivity index (χ3v) is 5.02. The zero-order valence-corrected chi connectivity index (χ0v) is 14.1. The van der Waals surface area contributed by atoms with Crippen LogP contribution in [-0.2, 0) is 9.59 Å². The van der Waals surface area contributed by atoms with E-state index < -0.39 is 17.4 Å². The molecule has 1 aliphatic rings. The van der Waals surface area contributed by atoms with Crippen molar-refractivity contribution in [2.24, 2.45) is 5.41 Å². The fourth-order valence-electron chi connectivity index (χ4n) is 3.54. The number of benzene rings is 1. The molecule has 2 N–H and O–H groups in total. The van der Waals surface area contributed by atoms with E-state index >= 15 is 0 Å². The molecular weight excluding hydrogens is 318 g/mol. The summed E-state index contributed by atoms with van der Waals surface area (Å²) in [7, 11) is 0. The summed E-state index contributed by atoms with van der Waals surface area (Å²) in [6.07, 6.45) is 7.43. The van der Waals surface area contributed by atoms with E-state index in [4.69, 9.17) is 0 Å². The van der Waals surface area contributed by atoms with Crippen LogP contribution in [0.5, 0.6) is 0 Å². The van der Waals surface area contributed by atoms with Gasteiger partial charge in [-0.1, -0.05) is 49.6 Å². The third-order valence-electron chi connectivity index (χ3n) is 5.02. The van der Waals surface area contributed by atoms with Crippen molar-refractivity contribution in [2.75, 3.05) is 6.54 Å². The van der Waals surface area contributed by atoms with Gasteiger partial charge in [0.15, 0.2) is 6.04 Å². The largest absolute Gasteiger partial charge is 0.481 e. The zero-order valence-electron chi connectivity index (χ0n) is 14.1. The number of aromatic nitrogens is 2. The van der Waals surface area contributed by atoms with Crippen LogP contribution in [0.25, 0.3) is 0 Å². The number of carboxylic acids is 1. The molecule has 3 rings (SSSR count). The standard InChI is InChI=1S/C19H23N3O3/c23-17(20-14-19(18(24)25)10-5-2-6-11-19)16(22-13-7-12-21-22)15-8-3-1-4-9-15/h1,3-4,7-9,12-13,16H,2,5-6,10-11,14H2,(H,20,23)(H,24,25). The maximum absolute atomic E-state index is 12.9. The van der Waals surface area contributed by atoms with Gasteiger partial charge in [-0.05, 0) is 24.5 Å².